The van der Waals surface area contributed by atoms with E-state index in [2.05, 4.69) is 0 Å². The van der Waals surface area contributed by atoms with Crippen molar-refractivity contribution in [3.05, 3.63) is 93.4 Å². The number of allylic oxidation sites excluding steroid dienone is 5. The maximum Gasteiger partial charge on any atom is 0.389 e. The number of fused-ring (bicyclic) bond motifs is 2. The number of nitrogens with zero attached hydrogens (tertiary/aromatic N) is 2. The van der Waals surface area contributed by atoms with Crippen LogP contribution in [0.15, 0.2) is 71.2 Å². The molecule has 2 aliphatic heterocycles. The molecule has 0 bridgehead atoms. The number of anilines is 1. The third kappa shape index (κ3) is 6.67. The van der Waals surface area contributed by atoms with Gasteiger partial charge in [-0.3, -0.25) is 4.79 Å². The van der Waals surface area contributed by atoms with Crippen molar-refractivity contribution in [2.75, 3.05) is 18.0 Å². The smallest absolute Gasteiger partial charge is 0.389 e. The minimum Gasteiger partial charge on any atom is -0.871 e. The highest BCUT2D eigenvalue weighted by atomic mass is 19.4. The molecule has 0 radical (unpaired) electrons. The van der Waals surface area contributed by atoms with Gasteiger partial charge in [0.2, 0.25) is 5.69 Å². The lowest BCUT2D eigenvalue weighted by Crippen LogP contribution is -2.35. The van der Waals surface area contributed by atoms with E-state index in [0.29, 0.717) is 33.9 Å². The van der Waals surface area contributed by atoms with Gasteiger partial charge in [-0.2, -0.15) is 30.9 Å². The molecule has 2 aromatic carbocycles. The fraction of sp³-hybridized carbons (Fsp3) is 0.389. The molecule has 50 heavy (non-hydrogen) atoms. The Morgan fingerprint density at radius 2 is 1.40 bits per heavy atom. The van der Waals surface area contributed by atoms with Gasteiger partial charge in [0, 0.05) is 71.5 Å². The van der Waals surface area contributed by atoms with Crippen LogP contribution in [-0.2, 0) is 15.6 Å². The summed E-state index contributed by atoms with van der Waals surface area (Å²) in [7, 11) is 0. The molecule has 0 amide bonds. The quantitative estimate of drug-likeness (QED) is 0.156. The molecule has 0 spiro atoms. The highest BCUT2D eigenvalue weighted by molar-refractivity contribution is 6.24. The van der Waals surface area contributed by atoms with Crippen LogP contribution in [0.2, 0.25) is 0 Å². The van der Waals surface area contributed by atoms with Crippen LogP contribution in [0.4, 0.5) is 37.7 Å². The summed E-state index contributed by atoms with van der Waals surface area (Å²) in [6.45, 7) is 6.55. The summed E-state index contributed by atoms with van der Waals surface area (Å²) >= 11 is 0. The van der Waals surface area contributed by atoms with Crippen molar-refractivity contribution in [2.24, 2.45) is 0 Å². The minimum absolute atomic E-state index is 0.0468. The Balaban J connectivity index is 1.58. The van der Waals surface area contributed by atoms with Crippen molar-refractivity contribution in [2.45, 2.75) is 76.6 Å². The summed E-state index contributed by atoms with van der Waals surface area (Å²) < 4.78 is 80.0. The number of carboxylic acid groups (broad SMARTS) is 2. The molecule has 2 heterocycles. The highest BCUT2D eigenvalue weighted by Gasteiger charge is 2.47. The van der Waals surface area contributed by atoms with Gasteiger partial charge >= 0.3 is 24.3 Å². The maximum absolute atomic E-state index is 13.6. The van der Waals surface area contributed by atoms with Gasteiger partial charge in [0.1, 0.15) is 6.54 Å². The number of hydrogen-bond donors (Lipinski definition) is 2. The number of benzene rings is 2. The molecule has 0 fully saturated rings. The summed E-state index contributed by atoms with van der Waals surface area (Å²) in [5, 5.41) is 32.7. The van der Waals surface area contributed by atoms with Crippen molar-refractivity contribution in [1.29, 1.82) is 0 Å². The van der Waals surface area contributed by atoms with Gasteiger partial charge in [-0.05, 0) is 62.2 Å². The van der Waals surface area contributed by atoms with Gasteiger partial charge in [-0.25, -0.2) is 9.59 Å². The number of halogens is 6. The number of carbonyl (C=O) groups excluding carboxylic acids is 1. The predicted octanol–water partition coefficient (Wildman–Crippen LogP) is 6.95. The number of aromatic carboxylic acids is 2. The Bertz CT molecular complexity index is 1930. The van der Waals surface area contributed by atoms with Crippen LogP contribution in [0.1, 0.15) is 85.2 Å². The average molecular weight is 705 g/mol. The van der Waals surface area contributed by atoms with Crippen molar-refractivity contribution in [1.82, 2.24) is 0 Å². The first-order chi connectivity index (χ1) is 23.0. The number of ketones is 1. The van der Waals surface area contributed by atoms with Gasteiger partial charge in [0.25, 0.3) is 0 Å². The standard InChI is InChI=1S/C36H34F6N2O6/c1-33(2)23-15-19(31(47)48)7-9-25(23)43(13-5-11-35(37,38)39)27(33)17-21-29(45)22(30(21)46)18-28-34(3,4)24-16-20(32(49)50)8-10-26(24)44(28)14-6-12-36(40,41)42/h7-10,15-18H,5-6,11-14H2,1-4H3,(H2-,45,46,47,48,49,50). The van der Waals surface area contributed by atoms with Gasteiger partial charge < -0.3 is 20.2 Å². The lowest BCUT2D eigenvalue weighted by molar-refractivity contribution is -0.439. The van der Waals surface area contributed by atoms with E-state index >= 15 is 0 Å². The zero-order chi connectivity index (χ0) is 37.1. The largest absolute Gasteiger partial charge is 0.871 e. The predicted molar refractivity (Wildman–Crippen MR) is 169 cm³/mol. The number of rotatable bonds is 10. The number of Topliss-reactive ketones (excluding diaryl/α,β-unsaturated/α-hetero) is 1. The molecule has 3 aliphatic rings. The highest BCUT2D eigenvalue weighted by Crippen LogP contribution is 2.50. The molecule has 0 aromatic heterocycles. The van der Waals surface area contributed by atoms with Crippen LogP contribution in [-0.4, -0.2) is 63.7 Å². The lowest BCUT2D eigenvalue weighted by Gasteiger charge is -2.33. The molecule has 2 N–H and O–H groups in total. The van der Waals surface area contributed by atoms with E-state index in [4.69, 9.17) is 0 Å². The zero-order valence-electron chi connectivity index (χ0n) is 27.6. The normalized spacial score (nSPS) is 19.7. The summed E-state index contributed by atoms with van der Waals surface area (Å²) in [4.78, 5) is 38.6. The topological polar surface area (TPSA) is 121 Å². The fourth-order valence-corrected chi connectivity index (χ4v) is 6.86. The molecule has 0 unspecified atom stereocenters. The van der Waals surface area contributed by atoms with Crippen molar-refractivity contribution in [3.8, 4) is 0 Å². The second-order valence-electron chi connectivity index (χ2n) is 13.6. The molecule has 0 saturated heterocycles. The third-order valence-corrected chi connectivity index (χ3v) is 9.50. The molecule has 266 valence electrons. The number of carbonyl (C=O) groups is 3. The Kier molecular flexibility index (Phi) is 9.08. The minimum atomic E-state index is -4.43. The fourth-order valence-electron chi connectivity index (χ4n) is 6.86. The molecule has 0 atom stereocenters. The molecule has 2 aromatic rings. The SMILES string of the molecule is CC1(C)C(/C=C2\C(=O)C(/C=C3/N(CCCC(F)(F)F)c4ccc(C(=O)O)cc4C3(C)C)=C2[O-])=[N+](CCCC(F)(F)F)c2ccc(C(=O)O)cc21. The van der Waals surface area contributed by atoms with Gasteiger partial charge in [-0.1, -0.05) is 19.6 Å². The first-order valence-corrected chi connectivity index (χ1v) is 15.8. The first kappa shape index (κ1) is 36.4. The summed E-state index contributed by atoms with van der Waals surface area (Å²) in [5.41, 5.74) is -0.128. The lowest BCUT2D eigenvalue weighted by atomic mass is 9.77. The Morgan fingerprint density at radius 3 is 1.96 bits per heavy atom. The van der Waals surface area contributed by atoms with E-state index in [1.54, 1.807) is 37.2 Å². The van der Waals surface area contributed by atoms with Crippen LogP contribution in [0.25, 0.3) is 0 Å². The molecule has 14 heteroatoms. The monoisotopic (exact) mass is 704 g/mol. The number of alkyl halides is 6. The van der Waals surface area contributed by atoms with E-state index < -0.39 is 59.5 Å². The Morgan fingerprint density at radius 1 is 0.840 bits per heavy atom. The van der Waals surface area contributed by atoms with Crippen LogP contribution >= 0.6 is 0 Å². The summed E-state index contributed by atoms with van der Waals surface area (Å²) in [6.07, 6.45) is -9.04. The second kappa shape index (κ2) is 12.5. The third-order valence-electron chi connectivity index (χ3n) is 9.50. The molecule has 0 saturated carbocycles. The van der Waals surface area contributed by atoms with E-state index in [0.717, 1.165) is 0 Å². The Labute approximate surface area is 283 Å². The van der Waals surface area contributed by atoms with Crippen LogP contribution in [0, 0.1) is 0 Å². The van der Waals surface area contributed by atoms with Crippen molar-refractivity contribution < 1.29 is 60.6 Å². The molecule has 1 aliphatic carbocycles. The second-order valence-corrected chi connectivity index (χ2v) is 13.6. The van der Waals surface area contributed by atoms with Gasteiger partial charge in [0.15, 0.2) is 11.5 Å². The number of hydrogen-bond acceptors (Lipinski definition) is 5. The van der Waals surface area contributed by atoms with E-state index in [9.17, 15) is 56.0 Å². The molecular weight excluding hydrogens is 670 g/mol. The average Bonchev–Trinajstić information content (AvgIpc) is 3.34. The molecule has 5 rings (SSSR count). The van der Waals surface area contributed by atoms with E-state index in [1.807, 2.05) is 0 Å². The molecule has 8 nitrogen and oxygen atoms in total. The maximum atomic E-state index is 13.6. The van der Waals surface area contributed by atoms with Crippen LogP contribution in [0.5, 0.6) is 0 Å². The summed E-state index contributed by atoms with van der Waals surface area (Å²) in [5.74, 6) is -3.79. The molecular formula is C36H34F6N2O6. The Hall–Kier alpha value is -4.88. The summed E-state index contributed by atoms with van der Waals surface area (Å²) in [6, 6.07) is 8.43. The number of carboxylic acids is 2. The first-order valence-electron chi connectivity index (χ1n) is 15.8. The van der Waals surface area contributed by atoms with Gasteiger partial charge in [0.05, 0.1) is 16.5 Å². The van der Waals surface area contributed by atoms with Crippen LogP contribution < -0.4 is 10.0 Å². The zero-order valence-corrected chi connectivity index (χ0v) is 27.6. The van der Waals surface area contributed by atoms with E-state index in [1.165, 1.54) is 48.6 Å². The van der Waals surface area contributed by atoms with Crippen molar-refractivity contribution in [3.63, 3.8) is 0 Å². The van der Waals surface area contributed by atoms with Gasteiger partial charge in [-0.15, -0.1) is 0 Å². The van der Waals surface area contributed by atoms with Crippen molar-refractivity contribution >= 4 is 34.8 Å². The van der Waals surface area contributed by atoms with Crippen LogP contribution in [0.3, 0.4) is 0 Å². The van der Waals surface area contributed by atoms with E-state index in [-0.39, 0.29) is 48.2 Å².